The highest BCUT2D eigenvalue weighted by Crippen LogP contribution is 2.25. The first-order valence-electron chi connectivity index (χ1n) is 7.53. The van der Waals surface area contributed by atoms with Crippen molar-refractivity contribution in [3.8, 4) is 0 Å². The van der Waals surface area contributed by atoms with E-state index >= 15 is 0 Å². The van der Waals surface area contributed by atoms with Crippen LogP contribution in [-0.2, 0) is 0 Å². The van der Waals surface area contributed by atoms with Crippen LogP contribution in [0.15, 0.2) is 48.5 Å². The lowest BCUT2D eigenvalue weighted by atomic mass is 10.1. The fourth-order valence-electron chi connectivity index (χ4n) is 2.92. The highest BCUT2D eigenvalue weighted by atomic mass is 19.1. The molecule has 0 spiro atoms. The molecule has 0 bridgehead atoms. The molecule has 2 aromatic carbocycles. The summed E-state index contributed by atoms with van der Waals surface area (Å²) in [6.45, 7) is 4.56. The zero-order valence-electron chi connectivity index (χ0n) is 12.3. The molecule has 0 aliphatic carbocycles. The number of anilines is 1. The lowest BCUT2D eigenvalue weighted by Gasteiger charge is -2.27. The van der Waals surface area contributed by atoms with Crippen molar-refractivity contribution in [2.24, 2.45) is 0 Å². The van der Waals surface area contributed by atoms with Gasteiger partial charge < -0.3 is 10.2 Å². The van der Waals surface area contributed by atoms with Crippen molar-refractivity contribution in [2.45, 2.75) is 19.4 Å². The molecule has 0 radical (unpaired) electrons. The molecule has 3 heteroatoms. The minimum atomic E-state index is -0.122. The van der Waals surface area contributed by atoms with E-state index in [4.69, 9.17) is 0 Å². The van der Waals surface area contributed by atoms with Crippen LogP contribution in [0.4, 0.5) is 10.1 Å². The van der Waals surface area contributed by atoms with Crippen LogP contribution >= 0.6 is 0 Å². The van der Waals surface area contributed by atoms with E-state index in [1.807, 2.05) is 25.1 Å². The van der Waals surface area contributed by atoms with E-state index in [-0.39, 0.29) is 11.9 Å². The summed E-state index contributed by atoms with van der Waals surface area (Å²) in [5.41, 5.74) is 2.94. The molecule has 1 aliphatic rings. The predicted octanol–water partition coefficient (Wildman–Crippen LogP) is 3.68. The third kappa shape index (κ3) is 3.24. The van der Waals surface area contributed by atoms with Crippen LogP contribution in [0.25, 0.3) is 0 Å². The SMILES string of the molecule is Cc1ccc(N2CCCNC(c3ccccc3)C2)c(F)c1. The quantitative estimate of drug-likeness (QED) is 0.905. The monoisotopic (exact) mass is 284 g/mol. The van der Waals surface area contributed by atoms with Crippen LogP contribution in [0, 0.1) is 12.7 Å². The van der Waals surface area contributed by atoms with Crippen molar-refractivity contribution in [1.82, 2.24) is 5.32 Å². The van der Waals surface area contributed by atoms with Gasteiger partial charge in [-0.2, -0.15) is 0 Å². The van der Waals surface area contributed by atoms with E-state index in [1.165, 1.54) is 5.56 Å². The average Bonchev–Trinajstić information content (AvgIpc) is 2.74. The van der Waals surface area contributed by atoms with Crippen LogP contribution in [0.5, 0.6) is 0 Å². The molecule has 1 atom stereocenters. The van der Waals surface area contributed by atoms with Gasteiger partial charge in [0, 0.05) is 19.1 Å². The summed E-state index contributed by atoms with van der Waals surface area (Å²) < 4.78 is 14.2. The molecule has 1 aliphatic heterocycles. The minimum absolute atomic E-state index is 0.122. The minimum Gasteiger partial charge on any atom is -0.367 e. The molecule has 1 saturated heterocycles. The molecule has 110 valence electrons. The Kier molecular flexibility index (Phi) is 4.20. The number of benzene rings is 2. The van der Waals surface area contributed by atoms with Crippen molar-refractivity contribution >= 4 is 5.69 Å². The number of halogens is 1. The van der Waals surface area contributed by atoms with E-state index in [2.05, 4.69) is 34.5 Å². The van der Waals surface area contributed by atoms with Crippen molar-refractivity contribution in [3.05, 3.63) is 65.5 Å². The Balaban J connectivity index is 1.85. The predicted molar refractivity (Wildman–Crippen MR) is 85.2 cm³/mol. The summed E-state index contributed by atoms with van der Waals surface area (Å²) in [5, 5.41) is 3.56. The van der Waals surface area contributed by atoms with E-state index in [0.717, 1.165) is 31.6 Å². The van der Waals surface area contributed by atoms with Gasteiger partial charge in [-0.15, -0.1) is 0 Å². The Morgan fingerprint density at radius 1 is 1.14 bits per heavy atom. The molecular formula is C18H21FN2. The van der Waals surface area contributed by atoms with Gasteiger partial charge in [0.1, 0.15) is 5.82 Å². The maximum Gasteiger partial charge on any atom is 0.146 e. The maximum absolute atomic E-state index is 14.2. The Morgan fingerprint density at radius 3 is 2.71 bits per heavy atom. The molecule has 1 fully saturated rings. The van der Waals surface area contributed by atoms with Gasteiger partial charge in [-0.05, 0) is 43.1 Å². The van der Waals surface area contributed by atoms with Crippen molar-refractivity contribution in [3.63, 3.8) is 0 Å². The smallest absolute Gasteiger partial charge is 0.146 e. The molecule has 3 rings (SSSR count). The van der Waals surface area contributed by atoms with E-state index < -0.39 is 0 Å². The zero-order chi connectivity index (χ0) is 14.7. The number of rotatable bonds is 2. The third-order valence-electron chi connectivity index (χ3n) is 4.04. The molecule has 1 N–H and O–H groups in total. The first-order valence-corrected chi connectivity index (χ1v) is 7.53. The second-order valence-corrected chi connectivity index (χ2v) is 5.67. The van der Waals surface area contributed by atoms with Gasteiger partial charge in [-0.25, -0.2) is 4.39 Å². The second kappa shape index (κ2) is 6.27. The Morgan fingerprint density at radius 2 is 1.95 bits per heavy atom. The summed E-state index contributed by atoms with van der Waals surface area (Å²) in [4.78, 5) is 2.16. The summed E-state index contributed by atoms with van der Waals surface area (Å²) in [5.74, 6) is -0.122. The van der Waals surface area contributed by atoms with Gasteiger partial charge in [0.05, 0.1) is 5.69 Å². The highest BCUT2D eigenvalue weighted by molar-refractivity contribution is 5.49. The summed E-state index contributed by atoms with van der Waals surface area (Å²) in [6.07, 6.45) is 1.02. The van der Waals surface area contributed by atoms with Crippen LogP contribution in [-0.4, -0.2) is 19.6 Å². The number of nitrogens with one attached hydrogen (secondary N) is 1. The standard InChI is InChI=1S/C18H21FN2/c1-14-8-9-18(16(19)12-14)21-11-5-10-20-17(13-21)15-6-3-2-4-7-15/h2-4,6-9,12,17,20H,5,10-11,13H2,1H3. The maximum atomic E-state index is 14.2. The van der Waals surface area contributed by atoms with Crippen LogP contribution in [0.1, 0.15) is 23.6 Å². The van der Waals surface area contributed by atoms with E-state index in [0.29, 0.717) is 5.69 Å². The molecule has 21 heavy (non-hydrogen) atoms. The molecule has 2 nitrogen and oxygen atoms in total. The molecule has 0 aromatic heterocycles. The molecule has 1 unspecified atom stereocenters. The normalized spacial score (nSPS) is 19.3. The van der Waals surface area contributed by atoms with Gasteiger partial charge >= 0.3 is 0 Å². The summed E-state index contributed by atoms with van der Waals surface area (Å²) >= 11 is 0. The number of nitrogens with zero attached hydrogens (tertiary/aromatic N) is 1. The van der Waals surface area contributed by atoms with Crippen molar-refractivity contribution < 1.29 is 4.39 Å². The van der Waals surface area contributed by atoms with Gasteiger partial charge in [-0.3, -0.25) is 0 Å². The second-order valence-electron chi connectivity index (χ2n) is 5.67. The lowest BCUT2D eigenvalue weighted by Crippen LogP contribution is -2.31. The molecular weight excluding hydrogens is 263 g/mol. The van der Waals surface area contributed by atoms with Gasteiger partial charge in [-0.1, -0.05) is 36.4 Å². The van der Waals surface area contributed by atoms with Crippen LogP contribution in [0.3, 0.4) is 0 Å². The van der Waals surface area contributed by atoms with Gasteiger partial charge in [0.2, 0.25) is 0 Å². The van der Waals surface area contributed by atoms with E-state index in [9.17, 15) is 4.39 Å². The Bertz CT molecular complexity index is 597. The molecule has 2 aromatic rings. The highest BCUT2D eigenvalue weighted by Gasteiger charge is 2.21. The van der Waals surface area contributed by atoms with Crippen LogP contribution < -0.4 is 10.2 Å². The summed E-state index contributed by atoms with van der Waals surface area (Å²) in [6, 6.07) is 16.1. The zero-order valence-corrected chi connectivity index (χ0v) is 12.3. The lowest BCUT2D eigenvalue weighted by molar-refractivity contribution is 0.564. The van der Waals surface area contributed by atoms with Crippen molar-refractivity contribution in [1.29, 1.82) is 0 Å². The largest absolute Gasteiger partial charge is 0.367 e. The molecule has 0 saturated carbocycles. The fraction of sp³-hybridized carbons (Fsp3) is 0.333. The number of hydrogen-bond donors (Lipinski definition) is 1. The van der Waals surface area contributed by atoms with Gasteiger partial charge in [0.25, 0.3) is 0 Å². The van der Waals surface area contributed by atoms with E-state index in [1.54, 1.807) is 6.07 Å². The third-order valence-corrected chi connectivity index (χ3v) is 4.04. The first-order chi connectivity index (χ1) is 10.2. The number of aryl methyl sites for hydroxylation is 1. The van der Waals surface area contributed by atoms with Crippen LogP contribution in [0.2, 0.25) is 0 Å². The average molecular weight is 284 g/mol. The van der Waals surface area contributed by atoms with Crippen molar-refractivity contribution in [2.75, 3.05) is 24.5 Å². The summed E-state index contributed by atoms with van der Waals surface area (Å²) in [7, 11) is 0. The fourth-order valence-corrected chi connectivity index (χ4v) is 2.92. The Hall–Kier alpha value is -1.87. The Labute approximate surface area is 125 Å². The van der Waals surface area contributed by atoms with Gasteiger partial charge in [0.15, 0.2) is 0 Å². The number of hydrogen-bond acceptors (Lipinski definition) is 2. The molecule has 1 heterocycles. The topological polar surface area (TPSA) is 15.3 Å². The molecule has 0 amide bonds. The first kappa shape index (κ1) is 14.1.